The van der Waals surface area contributed by atoms with E-state index >= 15 is 0 Å². The van der Waals surface area contributed by atoms with Crippen LogP contribution in [-0.4, -0.2) is 15.9 Å². The van der Waals surface area contributed by atoms with Gasteiger partial charge in [-0.25, -0.2) is 9.97 Å². The zero-order valence-corrected chi connectivity index (χ0v) is 14.5. The minimum atomic E-state index is -0.380. The van der Waals surface area contributed by atoms with Crippen molar-refractivity contribution in [2.75, 3.05) is 10.6 Å². The lowest BCUT2D eigenvalue weighted by Gasteiger charge is -2.08. The molecule has 1 amide bonds. The van der Waals surface area contributed by atoms with Crippen LogP contribution in [-0.2, 0) is 0 Å². The second kappa shape index (κ2) is 7.55. The summed E-state index contributed by atoms with van der Waals surface area (Å²) in [5.74, 6) is 0.124. The van der Waals surface area contributed by atoms with Gasteiger partial charge in [0.1, 0.15) is 17.8 Å². The minimum Gasteiger partial charge on any atom is -0.340 e. The van der Waals surface area contributed by atoms with E-state index in [1.165, 1.54) is 6.33 Å². The van der Waals surface area contributed by atoms with Crippen LogP contribution in [0.1, 0.15) is 16.1 Å². The summed E-state index contributed by atoms with van der Waals surface area (Å²) in [5.41, 5.74) is 2.05. The highest BCUT2D eigenvalue weighted by Gasteiger charge is 2.10. The molecule has 0 spiro atoms. The van der Waals surface area contributed by atoms with Gasteiger partial charge in [-0.2, -0.15) is 5.26 Å². The van der Waals surface area contributed by atoms with Crippen LogP contribution in [0.15, 0.2) is 65.4 Å². The van der Waals surface area contributed by atoms with Crippen molar-refractivity contribution in [1.82, 2.24) is 9.97 Å². The molecule has 1 heterocycles. The van der Waals surface area contributed by atoms with Gasteiger partial charge >= 0.3 is 0 Å². The summed E-state index contributed by atoms with van der Waals surface area (Å²) in [4.78, 5) is 20.5. The van der Waals surface area contributed by atoms with Crippen LogP contribution in [0.25, 0.3) is 0 Å². The Bertz CT molecular complexity index is 967. The Morgan fingerprint density at radius 1 is 1.04 bits per heavy atom. The van der Waals surface area contributed by atoms with Gasteiger partial charge in [0, 0.05) is 21.9 Å². The number of nitrogens with zero attached hydrogens (tertiary/aromatic N) is 3. The highest BCUT2D eigenvalue weighted by molar-refractivity contribution is 9.10. The van der Waals surface area contributed by atoms with Crippen molar-refractivity contribution >= 4 is 39.0 Å². The highest BCUT2D eigenvalue weighted by Crippen LogP contribution is 2.19. The molecule has 0 saturated heterocycles. The summed E-state index contributed by atoms with van der Waals surface area (Å²) < 4.78 is 0.932. The molecule has 3 aromatic rings. The Hall–Kier alpha value is -3.24. The standard InChI is InChI=1S/C18H12BrN5O/c19-13-4-2-6-15(8-13)23-17-9-16(21-11-22-17)18(25)24-14-5-1-3-12(7-14)10-20/h1-9,11H,(H,24,25)(H,21,22,23). The molecule has 2 N–H and O–H groups in total. The number of benzene rings is 2. The lowest BCUT2D eigenvalue weighted by atomic mass is 10.2. The van der Waals surface area contributed by atoms with Crippen LogP contribution in [0.4, 0.5) is 17.2 Å². The molecule has 0 saturated carbocycles. The SMILES string of the molecule is N#Cc1cccc(NC(=O)c2cc(Nc3cccc(Br)c3)ncn2)c1. The maximum atomic E-state index is 12.4. The molecule has 0 radical (unpaired) electrons. The van der Waals surface area contributed by atoms with E-state index in [2.05, 4.69) is 36.5 Å². The first kappa shape index (κ1) is 16.6. The number of halogens is 1. The number of amides is 1. The van der Waals surface area contributed by atoms with Crippen molar-refractivity contribution in [2.45, 2.75) is 0 Å². The maximum absolute atomic E-state index is 12.4. The molecule has 3 rings (SSSR count). The van der Waals surface area contributed by atoms with Crippen LogP contribution in [0.5, 0.6) is 0 Å². The number of anilines is 3. The predicted molar refractivity (Wildman–Crippen MR) is 98.6 cm³/mol. The summed E-state index contributed by atoms with van der Waals surface area (Å²) >= 11 is 3.40. The fraction of sp³-hybridized carbons (Fsp3) is 0. The molecule has 0 aliphatic rings. The fourth-order valence-corrected chi connectivity index (χ4v) is 2.52. The van der Waals surface area contributed by atoms with E-state index in [9.17, 15) is 4.79 Å². The number of nitrogens with one attached hydrogen (secondary N) is 2. The van der Waals surface area contributed by atoms with Crippen molar-refractivity contribution < 1.29 is 4.79 Å². The number of nitriles is 1. The van der Waals surface area contributed by atoms with E-state index in [1.807, 2.05) is 30.3 Å². The predicted octanol–water partition coefficient (Wildman–Crippen LogP) is 4.11. The monoisotopic (exact) mass is 393 g/mol. The van der Waals surface area contributed by atoms with Crippen LogP contribution >= 0.6 is 15.9 Å². The third-order valence-electron chi connectivity index (χ3n) is 3.25. The van der Waals surface area contributed by atoms with E-state index in [1.54, 1.807) is 30.3 Å². The molecule has 0 aliphatic heterocycles. The number of hydrogen-bond donors (Lipinski definition) is 2. The Morgan fingerprint density at radius 3 is 2.64 bits per heavy atom. The van der Waals surface area contributed by atoms with Gasteiger partial charge in [0.15, 0.2) is 0 Å². The van der Waals surface area contributed by atoms with Crippen LogP contribution < -0.4 is 10.6 Å². The Kier molecular flexibility index (Phi) is 5.02. The van der Waals surface area contributed by atoms with Gasteiger partial charge in [-0.05, 0) is 36.4 Å². The molecule has 7 heteroatoms. The maximum Gasteiger partial charge on any atom is 0.274 e. The number of aromatic nitrogens is 2. The van der Waals surface area contributed by atoms with Gasteiger partial charge in [0.05, 0.1) is 11.6 Å². The first-order valence-electron chi connectivity index (χ1n) is 7.30. The van der Waals surface area contributed by atoms with E-state index < -0.39 is 0 Å². The first-order valence-corrected chi connectivity index (χ1v) is 8.09. The Morgan fingerprint density at radius 2 is 1.84 bits per heavy atom. The van der Waals surface area contributed by atoms with Crippen molar-refractivity contribution in [3.8, 4) is 6.07 Å². The first-order chi connectivity index (χ1) is 12.1. The minimum absolute atomic E-state index is 0.217. The van der Waals surface area contributed by atoms with Gasteiger partial charge in [0.25, 0.3) is 5.91 Å². The molecule has 0 unspecified atom stereocenters. The Balaban J connectivity index is 1.76. The van der Waals surface area contributed by atoms with E-state index in [-0.39, 0.29) is 11.6 Å². The lowest BCUT2D eigenvalue weighted by Crippen LogP contribution is -2.14. The highest BCUT2D eigenvalue weighted by atomic mass is 79.9. The van der Waals surface area contributed by atoms with Gasteiger partial charge in [-0.3, -0.25) is 4.79 Å². The largest absolute Gasteiger partial charge is 0.340 e. The molecule has 0 atom stereocenters. The molecular formula is C18H12BrN5O. The lowest BCUT2D eigenvalue weighted by molar-refractivity contribution is 0.102. The number of rotatable bonds is 4. The van der Waals surface area contributed by atoms with Crippen molar-refractivity contribution in [2.24, 2.45) is 0 Å². The molecule has 6 nitrogen and oxygen atoms in total. The average Bonchev–Trinajstić information content (AvgIpc) is 2.62. The summed E-state index contributed by atoms with van der Waals surface area (Å²) in [7, 11) is 0. The van der Waals surface area contributed by atoms with E-state index in [0.717, 1.165) is 10.2 Å². The summed E-state index contributed by atoms with van der Waals surface area (Å²) in [5, 5.41) is 14.7. The van der Waals surface area contributed by atoms with Gasteiger partial charge in [-0.15, -0.1) is 0 Å². The van der Waals surface area contributed by atoms with Crippen LogP contribution in [0.2, 0.25) is 0 Å². The molecular weight excluding hydrogens is 382 g/mol. The Labute approximate surface area is 152 Å². The molecule has 122 valence electrons. The molecule has 0 fully saturated rings. The molecule has 2 aromatic carbocycles. The second-order valence-electron chi connectivity index (χ2n) is 5.07. The zero-order chi connectivity index (χ0) is 17.6. The van der Waals surface area contributed by atoms with Gasteiger partial charge in [0.2, 0.25) is 0 Å². The summed E-state index contributed by atoms with van der Waals surface area (Å²) in [6.45, 7) is 0. The van der Waals surface area contributed by atoms with Crippen molar-refractivity contribution in [3.63, 3.8) is 0 Å². The number of carbonyl (C=O) groups excluding carboxylic acids is 1. The average molecular weight is 394 g/mol. The van der Waals surface area contributed by atoms with E-state index in [4.69, 9.17) is 5.26 Å². The molecule has 0 aliphatic carbocycles. The third-order valence-corrected chi connectivity index (χ3v) is 3.74. The topological polar surface area (TPSA) is 90.7 Å². The second-order valence-corrected chi connectivity index (χ2v) is 5.99. The summed E-state index contributed by atoms with van der Waals surface area (Å²) in [6, 6.07) is 17.9. The van der Waals surface area contributed by atoms with E-state index in [0.29, 0.717) is 17.1 Å². The van der Waals surface area contributed by atoms with Crippen molar-refractivity contribution in [1.29, 1.82) is 5.26 Å². The van der Waals surface area contributed by atoms with Crippen LogP contribution in [0, 0.1) is 11.3 Å². The fourth-order valence-electron chi connectivity index (χ4n) is 2.13. The number of carbonyl (C=O) groups is 1. The smallest absolute Gasteiger partial charge is 0.274 e. The normalized spacial score (nSPS) is 9.92. The van der Waals surface area contributed by atoms with Gasteiger partial charge < -0.3 is 10.6 Å². The molecule has 25 heavy (non-hydrogen) atoms. The number of hydrogen-bond acceptors (Lipinski definition) is 5. The zero-order valence-electron chi connectivity index (χ0n) is 12.9. The summed E-state index contributed by atoms with van der Waals surface area (Å²) in [6.07, 6.45) is 1.32. The quantitative estimate of drug-likeness (QED) is 0.695. The van der Waals surface area contributed by atoms with Crippen molar-refractivity contribution in [3.05, 3.63) is 76.7 Å². The van der Waals surface area contributed by atoms with Crippen LogP contribution in [0.3, 0.4) is 0 Å². The third kappa shape index (κ3) is 4.40. The molecule has 0 bridgehead atoms. The molecule has 1 aromatic heterocycles. The van der Waals surface area contributed by atoms with Gasteiger partial charge in [-0.1, -0.05) is 28.1 Å².